The Labute approximate surface area is 185 Å². The summed E-state index contributed by atoms with van der Waals surface area (Å²) in [6, 6.07) is 16.0. The van der Waals surface area contributed by atoms with Gasteiger partial charge in [0.2, 0.25) is 0 Å². The van der Waals surface area contributed by atoms with Crippen LogP contribution in [0.4, 0.5) is 0 Å². The van der Waals surface area contributed by atoms with E-state index >= 15 is 0 Å². The molecule has 0 aliphatic heterocycles. The minimum atomic E-state index is 0.955. The fourth-order valence-corrected chi connectivity index (χ4v) is 4.26. The Bertz CT molecular complexity index is 671. The number of hydrogen-bond acceptors (Lipinski definition) is 0. The third-order valence-corrected chi connectivity index (χ3v) is 6.31. The van der Waals surface area contributed by atoms with Gasteiger partial charge in [-0.3, -0.25) is 0 Å². The first-order valence-electron chi connectivity index (χ1n) is 12.1. The largest absolute Gasteiger partial charge is 0.0840 e. The Balaban J connectivity index is 1.72. The van der Waals surface area contributed by atoms with Crippen molar-refractivity contribution in [2.45, 2.75) is 104 Å². The molecule has 0 aliphatic carbocycles. The first kappa shape index (κ1) is 24.0. The van der Waals surface area contributed by atoms with E-state index in [1.165, 1.54) is 92.9 Å². The van der Waals surface area contributed by atoms with Crippen LogP contribution < -0.4 is 0 Å². The standard InChI is InChI=1S/C28H41Cl/c1-3-5-7-9-11-13-24-15-17-25(18-16-24)19-20-26-21-22-27(28(29)23-26)14-12-10-8-6-4-2/h15-18,21-23H,3-14,19-20H2,1-2H3. The predicted molar refractivity (Wildman–Crippen MR) is 130 cm³/mol. The molecule has 0 radical (unpaired) electrons. The molecule has 0 bridgehead atoms. The fourth-order valence-electron chi connectivity index (χ4n) is 3.96. The highest BCUT2D eigenvalue weighted by Gasteiger charge is 2.04. The molecule has 2 rings (SSSR count). The fraction of sp³-hybridized carbons (Fsp3) is 0.571. The molecule has 0 aromatic heterocycles. The van der Waals surface area contributed by atoms with Crippen molar-refractivity contribution in [2.24, 2.45) is 0 Å². The van der Waals surface area contributed by atoms with Crippen molar-refractivity contribution < 1.29 is 0 Å². The van der Waals surface area contributed by atoms with E-state index in [9.17, 15) is 0 Å². The molecule has 0 heterocycles. The van der Waals surface area contributed by atoms with Gasteiger partial charge in [0, 0.05) is 5.02 Å². The van der Waals surface area contributed by atoms with Crippen molar-refractivity contribution in [1.82, 2.24) is 0 Å². The Kier molecular flexibility index (Phi) is 12.1. The predicted octanol–water partition coefficient (Wildman–Crippen LogP) is 9.15. The lowest BCUT2D eigenvalue weighted by Gasteiger charge is -2.08. The summed E-state index contributed by atoms with van der Waals surface area (Å²) in [5.41, 5.74) is 5.58. The van der Waals surface area contributed by atoms with Gasteiger partial charge in [0.25, 0.3) is 0 Å². The molecule has 0 atom stereocenters. The van der Waals surface area contributed by atoms with E-state index < -0.39 is 0 Å². The number of hydrogen-bond donors (Lipinski definition) is 0. The van der Waals surface area contributed by atoms with E-state index in [0.717, 1.165) is 24.3 Å². The topological polar surface area (TPSA) is 0 Å². The Morgan fingerprint density at radius 1 is 0.517 bits per heavy atom. The van der Waals surface area contributed by atoms with Gasteiger partial charge in [-0.25, -0.2) is 0 Å². The molecule has 0 unspecified atom stereocenters. The average Bonchev–Trinajstić information content (AvgIpc) is 2.74. The quantitative estimate of drug-likeness (QED) is 0.256. The van der Waals surface area contributed by atoms with Crippen molar-refractivity contribution in [1.29, 1.82) is 0 Å². The third kappa shape index (κ3) is 9.85. The molecule has 0 saturated carbocycles. The molecule has 29 heavy (non-hydrogen) atoms. The Morgan fingerprint density at radius 3 is 1.59 bits per heavy atom. The molecule has 160 valence electrons. The van der Waals surface area contributed by atoms with Crippen LogP contribution >= 0.6 is 11.6 Å². The summed E-state index contributed by atoms with van der Waals surface area (Å²) >= 11 is 6.55. The maximum absolute atomic E-state index is 6.55. The van der Waals surface area contributed by atoms with Crippen molar-refractivity contribution in [2.75, 3.05) is 0 Å². The van der Waals surface area contributed by atoms with Gasteiger partial charge in [-0.15, -0.1) is 0 Å². The number of halogens is 1. The molecule has 0 N–H and O–H groups in total. The summed E-state index contributed by atoms with van der Waals surface area (Å²) < 4.78 is 0. The van der Waals surface area contributed by atoms with Crippen LogP contribution in [0.2, 0.25) is 5.02 Å². The Hall–Kier alpha value is -1.27. The van der Waals surface area contributed by atoms with E-state index in [4.69, 9.17) is 11.6 Å². The maximum Gasteiger partial charge on any atom is 0.0440 e. The first-order valence-corrected chi connectivity index (χ1v) is 12.5. The first-order chi connectivity index (χ1) is 14.2. The van der Waals surface area contributed by atoms with Crippen molar-refractivity contribution in [3.05, 3.63) is 69.7 Å². The summed E-state index contributed by atoms with van der Waals surface area (Å²) in [4.78, 5) is 0. The number of aryl methyl sites for hydroxylation is 4. The number of benzene rings is 2. The number of unbranched alkanes of at least 4 members (excludes halogenated alkanes) is 8. The van der Waals surface area contributed by atoms with Crippen LogP contribution in [0, 0.1) is 0 Å². The monoisotopic (exact) mass is 412 g/mol. The van der Waals surface area contributed by atoms with E-state index in [1.54, 1.807) is 0 Å². The average molecular weight is 413 g/mol. The molecule has 0 saturated heterocycles. The smallest absolute Gasteiger partial charge is 0.0440 e. The van der Waals surface area contributed by atoms with Gasteiger partial charge >= 0.3 is 0 Å². The lowest BCUT2D eigenvalue weighted by atomic mass is 9.99. The summed E-state index contributed by atoms with van der Waals surface area (Å²) in [7, 11) is 0. The van der Waals surface area contributed by atoms with Crippen LogP contribution in [0.15, 0.2) is 42.5 Å². The zero-order chi connectivity index (χ0) is 20.7. The molecule has 1 heteroatoms. The van der Waals surface area contributed by atoms with Crippen molar-refractivity contribution in [3.8, 4) is 0 Å². The lowest BCUT2D eigenvalue weighted by Crippen LogP contribution is -1.95. The normalized spacial score (nSPS) is 11.1. The van der Waals surface area contributed by atoms with Gasteiger partial charge < -0.3 is 0 Å². The van der Waals surface area contributed by atoms with Gasteiger partial charge in [-0.05, 0) is 66.8 Å². The van der Waals surface area contributed by atoms with Crippen LogP contribution in [0.5, 0.6) is 0 Å². The molecule has 0 amide bonds. The second kappa shape index (κ2) is 14.7. The number of rotatable bonds is 15. The summed E-state index contributed by atoms with van der Waals surface area (Å²) in [5, 5.41) is 0.955. The van der Waals surface area contributed by atoms with Crippen LogP contribution in [0.1, 0.15) is 100 Å². The molecule has 0 fully saturated rings. The summed E-state index contributed by atoms with van der Waals surface area (Å²) in [5.74, 6) is 0. The van der Waals surface area contributed by atoms with Crippen LogP contribution in [-0.2, 0) is 25.7 Å². The maximum atomic E-state index is 6.55. The second-order valence-electron chi connectivity index (χ2n) is 8.57. The summed E-state index contributed by atoms with van der Waals surface area (Å²) in [6.45, 7) is 4.54. The molecule has 2 aromatic carbocycles. The zero-order valence-corrected chi connectivity index (χ0v) is 19.6. The van der Waals surface area contributed by atoms with Gasteiger partial charge in [0.05, 0.1) is 0 Å². The van der Waals surface area contributed by atoms with Gasteiger partial charge in [-0.1, -0.05) is 113 Å². The zero-order valence-electron chi connectivity index (χ0n) is 18.8. The lowest BCUT2D eigenvalue weighted by molar-refractivity contribution is 0.632. The molecule has 0 spiro atoms. The molecular formula is C28H41Cl. The van der Waals surface area contributed by atoms with Crippen molar-refractivity contribution >= 4 is 11.6 Å². The van der Waals surface area contributed by atoms with Crippen LogP contribution in [0.3, 0.4) is 0 Å². The highest BCUT2D eigenvalue weighted by Crippen LogP contribution is 2.22. The minimum Gasteiger partial charge on any atom is -0.0840 e. The molecule has 0 nitrogen and oxygen atoms in total. The van der Waals surface area contributed by atoms with E-state index in [-0.39, 0.29) is 0 Å². The summed E-state index contributed by atoms with van der Waals surface area (Å²) in [6.07, 6.45) is 17.8. The van der Waals surface area contributed by atoms with Gasteiger partial charge in [0.1, 0.15) is 0 Å². The SMILES string of the molecule is CCCCCCCc1ccc(CCc2ccc(CCCCCCC)c(Cl)c2)cc1. The minimum absolute atomic E-state index is 0.955. The molecule has 2 aromatic rings. The van der Waals surface area contributed by atoms with Crippen molar-refractivity contribution in [3.63, 3.8) is 0 Å². The second-order valence-corrected chi connectivity index (χ2v) is 8.98. The van der Waals surface area contributed by atoms with Gasteiger partial charge in [0.15, 0.2) is 0 Å². The third-order valence-electron chi connectivity index (χ3n) is 5.96. The highest BCUT2D eigenvalue weighted by atomic mass is 35.5. The van der Waals surface area contributed by atoms with E-state index in [1.807, 2.05) is 0 Å². The van der Waals surface area contributed by atoms with Crippen LogP contribution in [-0.4, -0.2) is 0 Å². The van der Waals surface area contributed by atoms with Gasteiger partial charge in [-0.2, -0.15) is 0 Å². The van der Waals surface area contributed by atoms with E-state index in [0.29, 0.717) is 0 Å². The molecule has 0 aliphatic rings. The highest BCUT2D eigenvalue weighted by molar-refractivity contribution is 6.31. The Morgan fingerprint density at radius 2 is 1.00 bits per heavy atom. The van der Waals surface area contributed by atoms with Crippen LogP contribution in [0.25, 0.3) is 0 Å². The molecular weight excluding hydrogens is 372 g/mol. The van der Waals surface area contributed by atoms with E-state index in [2.05, 4.69) is 56.3 Å².